The number of sulfonamides is 1. The summed E-state index contributed by atoms with van der Waals surface area (Å²) < 4.78 is 25.8. The third-order valence-corrected chi connectivity index (χ3v) is 5.14. The van der Waals surface area contributed by atoms with Gasteiger partial charge in [0.1, 0.15) is 0 Å². The second-order valence-corrected chi connectivity index (χ2v) is 6.43. The molecule has 2 N–H and O–H groups in total. The van der Waals surface area contributed by atoms with Gasteiger partial charge in [0.05, 0.1) is 11.4 Å². The van der Waals surface area contributed by atoms with Crippen molar-refractivity contribution in [2.45, 2.75) is 24.8 Å². The van der Waals surface area contributed by atoms with Crippen LogP contribution in [0.3, 0.4) is 0 Å². The van der Waals surface area contributed by atoms with Gasteiger partial charge in [0, 0.05) is 23.3 Å². The van der Waals surface area contributed by atoms with Gasteiger partial charge in [0.2, 0.25) is 10.0 Å². The fraction of sp³-hybridized carbons (Fsp3) is 0.455. The molecule has 0 spiro atoms. The molecule has 0 saturated carbocycles. The van der Waals surface area contributed by atoms with Crippen LogP contribution in [-0.2, 0) is 16.6 Å². The average molecular weight is 272 g/mol. The van der Waals surface area contributed by atoms with Crippen molar-refractivity contribution >= 4 is 21.4 Å². The van der Waals surface area contributed by atoms with Gasteiger partial charge in [-0.3, -0.25) is 0 Å². The molecule has 0 aromatic carbocycles. The van der Waals surface area contributed by atoms with Crippen LogP contribution >= 0.6 is 11.3 Å². The van der Waals surface area contributed by atoms with Crippen LogP contribution in [0.15, 0.2) is 16.3 Å². The minimum absolute atomic E-state index is 0.101. The number of hydrogen-bond donors (Lipinski definition) is 1. The molecular weight excluding hydrogens is 256 g/mol. The minimum atomic E-state index is -3.47. The summed E-state index contributed by atoms with van der Waals surface area (Å²) in [4.78, 5) is 1.13. The first-order chi connectivity index (χ1) is 8.06. The zero-order valence-corrected chi connectivity index (χ0v) is 11.4. The maximum absolute atomic E-state index is 12.2. The molecule has 0 amide bonds. The van der Waals surface area contributed by atoms with E-state index in [2.05, 4.69) is 5.92 Å². The number of thiophene rings is 1. The number of hydrogen-bond acceptors (Lipinski definition) is 4. The van der Waals surface area contributed by atoms with E-state index >= 15 is 0 Å². The number of rotatable bonds is 6. The van der Waals surface area contributed by atoms with Crippen LogP contribution in [0.2, 0.25) is 0 Å². The van der Waals surface area contributed by atoms with E-state index in [9.17, 15) is 8.42 Å². The van der Waals surface area contributed by atoms with Gasteiger partial charge in [-0.05, 0) is 12.5 Å². The van der Waals surface area contributed by atoms with E-state index in [1.165, 1.54) is 15.6 Å². The first-order valence-corrected chi connectivity index (χ1v) is 7.59. The quantitative estimate of drug-likeness (QED) is 0.793. The topological polar surface area (TPSA) is 63.4 Å². The van der Waals surface area contributed by atoms with Crippen molar-refractivity contribution in [2.75, 3.05) is 13.1 Å². The largest absolute Gasteiger partial charge is 0.326 e. The lowest BCUT2D eigenvalue weighted by Gasteiger charge is -2.18. The summed E-state index contributed by atoms with van der Waals surface area (Å²) in [6.45, 7) is 2.80. The predicted octanol–water partition coefficient (Wildman–Crippen LogP) is 1.24. The van der Waals surface area contributed by atoms with Crippen LogP contribution in [0.1, 0.15) is 18.2 Å². The summed E-state index contributed by atoms with van der Waals surface area (Å²) in [6.07, 6.45) is 5.92. The van der Waals surface area contributed by atoms with Gasteiger partial charge in [-0.2, -0.15) is 4.31 Å². The van der Waals surface area contributed by atoms with E-state index < -0.39 is 10.0 Å². The molecule has 0 saturated heterocycles. The Morgan fingerprint density at radius 3 is 2.76 bits per heavy atom. The van der Waals surface area contributed by atoms with Gasteiger partial charge in [-0.25, -0.2) is 8.42 Å². The zero-order valence-electron chi connectivity index (χ0n) is 9.72. The lowest BCUT2D eigenvalue weighted by atomic mass is 10.5. The Balaban J connectivity index is 3.03. The second kappa shape index (κ2) is 6.17. The van der Waals surface area contributed by atoms with E-state index in [-0.39, 0.29) is 11.4 Å². The van der Waals surface area contributed by atoms with Crippen LogP contribution < -0.4 is 5.73 Å². The van der Waals surface area contributed by atoms with E-state index in [0.29, 0.717) is 13.1 Å². The molecule has 1 heterocycles. The Morgan fingerprint density at radius 1 is 1.59 bits per heavy atom. The average Bonchev–Trinajstić information content (AvgIpc) is 2.78. The standard InChI is InChI=1S/C11H16N2O2S2/c1-3-5-13(6-4-2)17(14,15)11-7-10(8-12)16-9-11/h1,7,9H,4-6,8,12H2,2H3. The molecule has 0 unspecified atom stereocenters. The van der Waals surface area contributed by atoms with Gasteiger partial charge in [0.15, 0.2) is 0 Å². The summed E-state index contributed by atoms with van der Waals surface area (Å²) in [5, 5.41) is 1.61. The first kappa shape index (κ1) is 14.2. The van der Waals surface area contributed by atoms with E-state index in [0.717, 1.165) is 11.3 Å². The van der Waals surface area contributed by atoms with E-state index in [1.807, 2.05) is 6.92 Å². The second-order valence-electron chi connectivity index (χ2n) is 3.50. The molecule has 0 radical (unpaired) electrons. The Bertz CT molecular complexity index is 500. The maximum atomic E-state index is 12.2. The van der Waals surface area contributed by atoms with Crippen LogP contribution in [0.25, 0.3) is 0 Å². The Morgan fingerprint density at radius 2 is 2.29 bits per heavy atom. The smallest absolute Gasteiger partial charge is 0.244 e. The molecular formula is C11H16N2O2S2. The van der Waals surface area contributed by atoms with Crippen molar-refractivity contribution in [3.8, 4) is 12.3 Å². The first-order valence-electron chi connectivity index (χ1n) is 5.27. The highest BCUT2D eigenvalue weighted by molar-refractivity contribution is 7.89. The molecule has 4 nitrogen and oxygen atoms in total. The summed E-state index contributed by atoms with van der Waals surface area (Å²) in [5.74, 6) is 2.37. The molecule has 0 aliphatic rings. The highest BCUT2D eigenvalue weighted by Gasteiger charge is 2.23. The molecule has 0 bridgehead atoms. The lowest BCUT2D eigenvalue weighted by molar-refractivity contribution is 0.446. The fourth-order valence-electron chi connectivity index (χ4n) is 1.39. The summed E-state index contributed by atoms with van der Waals surface area (Å²) >= 11 is 1.35. The molecule has 0 aliphatic carbocycles. The lowest BCUT2D eigenvalue weighted by Crippen LogP contribution is -2.31. The molecule has 0 fully saturated rings. The molecule has 0 aliphatic heterocycles. The summed E-state index contributed by atoms with van der Waals surface area (Å²) in [7, 11) is -3.47. The molecule has 0 atom stereocenters. The van der Waals surface area contributed by atoms with Gasteiger partial charge in [-0.1, -0.05) is 12.8 Å². The van der Waals surface area contributed by atoms with Crippen LogP contribution in [0.4, 0.5) is 0 Å². The molecule has 1 aromatic rings. The van der Waals surface area contributed by atoms with Gasteiger partial charge in [-0.15, -0.1) is 17.8 Å². The third kappa shape index (κ3) is 3.30. The number of nitrogens with zero attached hydrogens (tertiary/aromatic N) is 1. The molecule has 1 rings (SSSR count). The van der Waals surface area contributed by atoms with Crippen LogP contribution in [0, 0.1) is 12.3 Å². The van der Waals surface area contributed by atoms with Crippen molar-refractivity contribution in [3.63, 3.8) is 0 Å². The van der Waals surface area contributed by atoms with Crippen molar-refractivity contribution in [2.24, 2.45) is 5.73 Å². The van der Waals surface area contributed by atoms with Crippen molar-refractivity contribution in [1.82, 2.24) is 4.31 Å². The molecule has 17 heavy (non-hydrogen) atoms. The van der Waals surface area contributed by atoms with Crippen molar-refractivity contribution in [3.05, 3.63) is 16.3 Å². The highest BCUT2D eigenvalue weighted by Crippen LogP contribution is 2.22. The monoisotopic (exact) mass is 272 g/mol. The van der Waals surface area contributed by atoms with Gasteiger partial charge in [0.25, 0.3) is 0 Å². The summed E-state index contributed by atoms with van der Waals surface area (Å²) in [5.41, 5.74) is 5.47. The van der Waals surface area contributed by atoms with E-state index in [1.54, 1.807) is 11.4 Å². The predicted molar refractivity (Wildman–Crippen MR) is 70.1 cm³/mol. The third-order valence-electron chi connectivity index (χ3n) is 2.21. The van der Waals surface area contributed by atoms with Crippen molar-refractivity contribution < 1.29 is 8.42 Å². The minimum Gasteiger partial charge on any atom is -0.326 e. The highest BCUT2D eigenvalue weighted by atomic mass is 32.2. The Kier molecular flexibility index (Phi) is 5.15. The molecule has 1 aromatic heterocycles. The molecule has 94 valence electrons. The Labute approximate surface area is 106 Å². The van der Waals surface area contributed by atoms with Crippen LogP contribution in [-0.4, -0.2) is 25.8 Å². The maximum Gasteiger partial charge on any atom is 0.244 e. The number of nitrogens with two attached hydrogens (primary N) is 1. The number of terminal acetylenes is 1. The van der Waals surface area contributed by atoms with Gasteiger partial charge < -0.3 is 5.73 Å². The van der Waals surface area contributed by atoms with Crippen molar-refractivity contribution in [1.29, 1.82) is 0 Å². The van der Waals surface area contributed by atoms with E-state index in [4.69, 9.17) is 12.2 Å². The van der Waals surface area contributed by atoms with Crippen LogP contribution in [0.5, 0.6) is 0 Å². The fourth-order valence-corrected chi connectivity index (χ4v) is 3.98. The Hall–Kier alpha value is -0.870. The summed E-state index contributed by atoms with van der Waals surface area (Å²) in [6, 6.07) is 1.61. The molecule has 6 heteroatoms. The SMILES string of the molecule is C#CCN(CCC)S(=O)(=O)c1csc(CN)c1. The zero-order chi connectivity index (χ0) is 12.9. The van der Waals surface area contributed by atoms with Gasteiger partial charge >= 0.3 is 0 Å². The normalized spacial score (nSPS) is 11.6.